The van der Waals surface area contributed by atoms with Crippen LogP contribution in [0.5, 0.6) is 0 Å². The first-order valence-corrected chi connectivity index (χ1v) is 8.40. The minimum Gasteiger partial charge on any atom is -0.393 e. The normalized spacial score (nSPS) is 22.0. The van der Waals surface area contributed by atoms with Crippen molar-refractivity contribution in [2.24, 2.45) is 5.92 Å². The summed E-state index contributed by atoms with van der Waals surface area (Å²) < 4.78 is 0. The summed E-state index contributed by atoms with van der Waals surface area (Å²) in [5, 5.41) is 12.5. The van der Waals surface area contributed by atoms with Crippen LogP contribution in [-0.2, 0) is 4.79 Å². The SMILES string of the molecule is Cc1ccc(C(=O)CCC(=O)NCC2CCCC(O)C2)s1. The lowest BCUT2D eigenvalue weighted by atomic mass is 9.87. The second-order valence-corrected chi connectivity index (χ2v) is 7.11. The van der Waals surface area contributed by atoms with E-state index in [0.717, 1.165) is 35.4 Å². The van der Waals surface area contributed by atoms with Crippen LogP contribution in [0, 0.1) is 12.8 Å². The third kappa shape index (κ3) is 5.25. The number of nitrogens with one attached hydrogen (secondary N) is 1. The average molecular weight is 309 g/mol. The topological polar surface area (TPSA) is 66.4 Å². The zero-order chi connectivity index (χ0) is 15.2. The van der Waals surface area contributed by atoms with Gasteiger partial charge in [-0.2, -0.15) is 0 Å². The van der Waals surface area contributed by atoms with Crippen molar-refractivity contribution in [1.29, 1.82) is 0 Å². The zero-order valence-corrected chi connectivity index (χ0v) is 13.2. The molecule has 2 rings (SSSR count). The maximum Gasteiger partial charge on any atom is 0.220 e. The number of aryl methyl sites for hydroxylation is 1. The molecule has 0 saturated heterocycles. The minimum atomic E-state index is -0.218. The van der Waals surface area contributed by atoms with Crippen molar-refractivity contribution in [3.63, 3.8) is 0 Å². The molecule has 2 N–H and O–H groups in total. The molecule has 4 nitrogen and oxygen atoms in total. The van der Waals surface area contributed by atoms with Crippen molar-refractivity contribution in [3.8, 4) is 0 Å². The van der Waals surface area contributed by atoms with Gasteiger partial charge in [0.2, 0.25) is 5.91 Å². The van der Waals surface area contributed by atoms with Crippen LogP contribution in [0.15, 0.2) is 12.1 Å². The lowest BCUT2D eigenvalue weighted by Crippen LogP contribution is -2.33. The van der Waals surface area contributed by atoms with E-state index in [1.54, 1.807) is 0 Å². The molecule has 1 aliphatic rings. The Bertz CT molecular complexity index is 497. The second-order valence-electron chi connectivity index (χ2n) is 5.82. The van der Waals surface area contributed by atoms with Gasteiger partial charge in [-0.3, -0.25) is 9.59 Å². The zero-order valence-electron chi connectivity index (χ0n) is 12.4. The number of carbonyl (C=O) groups excluding carboxylic acids is 2. The van der Waals surface area contributed by atoms with E-state index in [0.29, 0.717) is 12.5 Å². The Kier molecular flexibility index (Phi) is 5.94. The molecule has 116 valence electrons. The fraction of sp³-hybridized carbons (Fsp3) is 0.625. The summed E-state index contributed by atoms with van der Waals surface area (Å²) in [5.41, 5.74) is 0. The van der Waals surface area contributed by atoms with Gasteiger partial charge in [0.15, 0.2) is 5.78 Å². The number of hydrogen-bond donors (Lipinski definition) is 2. The van der Waals surface area contributed by atoms with Crippen LogP contribution >= 0.6 is 11.3 Å². The Morgan fingerprint density at radius 1 is 1.33 bits per heavy atom. The van der Waals surface area contributed by atoms with Crippen LogP contribution in [0.1, 0.15) is 53.1 Å². The Morgan fingerprint density at radius 2 is 2.14 bits per heavy atom. The van der Waals surface area contributed by atoms with Crippen molar-refractivity contribution >= 4 is 23.0 Å². The van der Waals surface area contributed by atoms with Gasteiger partial charge in [0.25, 0.3) is 0 Å². The van der Waals surface area contributed by atoms with Gasteiger partial charge in [0.1, 0.15) is 0 Å². The molecule has 1 aromatic heterocycles. The van der Waals surface area contributed by atoms with Gasteiger partial charge < -0.3 is 10.4 Å². The largest absolute Gasteiger partial charge is 0.393 e. The van der Waals surface area contributed by atoms with Gasteiger partial charge in [-0.05, 0) is 44.2 Å². The molecule has 1 aliphatic carbocycles. The van der Waals surface area contributed by atoms with Crippen LogP contribution in [0.25, 0.3) is 0 Å². The number of Topliss-reactive ketones (excluding diaryl/α,β-unsaturated/α-hetero) is 1. The van der Waals surface area contributed by atoms with E-state index in [-0.39, 0.29) is 30.6 Å². The number of aliphatic hydroxyl groups excluding tert-OH is 1. The number of ketones is 1. The lowest BCUT2D eigenvalue weighted by molar-refractivity contribution is -0.121. The summed E-state index contributed by atoms with van der Waals surface area (Å²) in [6, 6.07) is 3.75. The highest BCUT2D eigenvalue weighted by molar-refractivity contribution is 7.14. The summed E-state index contributed by atoms with van der Waals surface area (Å²) in [6.07, 6.45) is 4.02. The summed E-state index contributed by atoms with van der Waals surface area (Å²) in [7, 11) is 0. The summed E-state index contributed by atoms with van der Waals surface area (Å²) in [5.74, 6) is 0.335. The maximum atomic E-state index is 11.9. The first-order chi connectivity index (χ1) is 10.0. The Hall–Kier alpha value is -1.20. The lowest BCUT2D eigenvalue weighted by Gasteiger charge is -2.25. The van der Waals surface area contributed by atoms with Gasteiger partial charge in [-0.1, -0.05) is 6.42 Å². The third-order valence-electron chi connectivity index (χ3n) is 3.94. The molecule has 1 heterocycles. The highest BCUT2D eigenvalue weighted by Gasteiger charge is 2.20. The molecular formula is C16H23NO3S. The van der Waals surface area contributed by atoms with Crippen molar-refractivity contribution in [3.05, 3.63) is 21.9 Å². The van der Waals surface area contributed by atoms with Crippen molar-refractivity contribution in [2.75, 3.05) is 6.54 Å². The predicted octanol–water partition coefficient (Wildman–Crippen LogP) is 2.69. The Balaban J connectivity index is 1.66. The molecule has 0 radical (unpaired) electrons. The van der Waals surface area contributed by atoms with Gasteiger partial charge in [0, 0.05) is 24.3 Å². The molecule has 2 unspecified atom stereocenters. The minimum absolute atomic E-state index is 0.0383. The molecule has 0 spiro atoms. The molecule has 0 bridgehead atoms. The van der Waals surface area contributed by atoms with Crippen LogP contribution in [0.4, 0.5) is 0 Å². The van der Waals surface area contributed by atoms with Gasteiger partial charge in [-0.25, -0.2) is 0 Å². The van der Waals surface area contributed by atoms with Crippen molar-refractivity contribution < 1.29 is 14.7 Å². The number of amides is 1. The molecule has 21 heavy (non-hydrogen) atoms. The van der Waals surface area contributed by atoms with E-state index < -0.39 is 0 Å². The quantitative estimate of drug-likeness (QED) is 0.794. The molecule has 1 amide bonds. The molecule has 1 saturated carbocycles. The molecule has 2 atom stereocenters. The smallest absolute Gasteiger partial charge is 0.220 e. The fourth-order valence-corrected chi connectivity index (χ4v) is 3.56. The van der Waals surface area contributed by atoms with Gasteiger partial charge >= 0.3 is 0 Å². The standard InChI is InChI=1S/C16H23NO3S/c1-11-5-7-15(21-11)14(19)6-8-16(20)17-10-12-3-2-4-13(18)9-12/h5,7,12-13,18H,2-4,6,8-10H2,1H3,(H,17,20). The summed E-state index contributed by atoms with van der Waals surface area (Å²) >= 11 is 1.47. The monoisotopic (exact) mass is 309 g/mol. The number of carbonyl (C=O) groups is 2. The molecule has 0 aliphatic heterocycles. The molecule has 1 fully saturated rings. The number of aliphatic hydroxyl groups is 1. The fourth-order valence-electron chi connectivity index (χ4n) is 2.73. The van der Waals surface area contributed by atoms with E-state index >= 15 is 0 Å². The first kappa shape index (κ1) is 16.2. The second kappa shape index (κ2) is 7.71. The van der Waals surface area contributed by atoms with Crippen LogP contribution in [0.3, 0.4) is 0 Å². The number of hydrogen-bond acceptors (Lipinski definition) is 4. The highest BCUT2D eigenvalue weighted by Crippen LogP contribution is 2.23. The molecule has 5 heteroatoms. The average Bonchev–Trinajstić information content (AvgIpc) is 2.89. The van der Waals surface area contributed by atoms with Crippen LogP contribution < -0.4 is 5.32 Å². The van der Waals surface area contributed by atoms with Crippen LogP contribution in [0.2, 0.25) is 0 Å². The van der Waals surface area contributed by atoms with Crippen molar-refractivity contribution in [1.82, 2.24) is 5.32 Å². The van der Waals surface area contributed by atoms with E-state index in [1.165, 1.54) is 11.3 Å². The van der Waals surface area contributed by atoms with Crippen molar-refractivity contribution in [2.45, 2.75) is 51.6 Å². The van der Waals surface area contributed by atoms with Gasteiger partial charge in [-0.15, -0.1) is 11.3 Å². The summed E-state index contributed by atoms with van der Waals surface area (Å²) in [4.78, 5) is 25.5. The maximum absolute atomic E-state index is 11.9. The number of thiophene rings is 1. The van der Waals surface area contributed by atoms with Gasteiger partial charge in [0.05, 0.1) is 11.0 Å². The number of rotatable bonds is 6. The van der Waals surface area contributed by atoms with E-state index in [9.17, 15) is 14.7 Å². The summed E-state index contributed by atoms with van der Waals surface area (Å²) in [6.45, 7) is 2.58. The Morgan fingerprint density at radius 3 is 2.81 bits per heavy atom. The van der Waals surface area contributed by atoms with E-state index in [2.05, 4.69) is 5.32 Å². The molecule has 1 aromatic rings. The molecular weight excluding hydrogens is 286 g/mol. The molecule has 0 aromatic carbocycles. The third-order valence-corrected chi connectivity index (χ3v) is 4.98. The van der Waals surface area contributed by atoms with E-state index in [1.807, 2.05) is 19.1 Å². The Labute approximate surface area is 129 Å². The van der Waals surface area contributed by atoms with Crippen LogP contribution in [-0.4, -0.2) is 29.4 Å². The highest BCUT2D eigenvalue weighted by atomic mass is 32.1. The first-order valence-electron chi connectivity index (χ1n) is 7.59. The van der Waals surface area contributed by atoms with E-state index in [4.69, 9.17) is 0 Å². The predicted molar refractivity (Wildman–Crippen MR) is 83.6 cm³/mol.